The lowest BCUT2D eigenvalue weighted by Gasteiger charge is -2.33. The molecule has 13 heavy (non-hydrogen) atoms. The van der Waals surface area contributed by atoms with Gasteiger partial charge in [-0.25, -0.2) is 0 Å². The molecule has 0 spiro atoms. The zero-order valence-electron chi connectivity index (χ0n) is 7.90. The molecule has 5 nitrogen and oxygen atoms in total. The van der Waals surface area contributed by atoms with Crippen LogP contribution in [0, 0.1) is 0 Å². The molecule has 0 atom stereocenters. The smallest absolute Gasteiger partial charge is 0.102 e. The largest absolute Gasteiger partial charge is 0.550 e. The predicted molar refractivity (Wildman–Crippen MR) is 44.6 cm³/mol. The van der Waals surface area contributed by atoms with Crippen molar-refractivity contribution in [2.24, 2.45) is 0 Å². The number of quaternary nitrogens is 1. The summed E-state index contributed by atoms with van der Waals surface area (Å²) in [7, 11) is 1.80. The van der Waals surface area contributed by atoms with Gasteiger partial charge in [-0.05, 0) is 0 Å². The van der Waals surface area contributed by atoms with Crippen molar-refractivity contribution < 1.29 is 24.6 Å². The van der Waals surface area contributed by atoms with Crippen LogP contribution >= 0.6 is 0 Å². The van der Waals surface area contributed by atoms with Crippen molar-refractivity contribution >= 4 is 5.97 Å². The Morgan fingerprint density at radius 1 is 1.23 bits per heavy atom. The third kappa shape index (κ3) is 5.57. The molecule has 0 aromatic heterocycles. The van der Waals surface area contributed by atoms with E-state index in [9.17, 15) is 9.90 Å². The van der Waals surface area contributed by atoms with Crippen LogP contribution in [-0.2, 0) is 4.79 Å². The minimum Gasteiger partial charge on any atom is -0.550 e. The van der Waals surface area contributed by atoms with Crippen molar-refractivity contribution in [2.75, 3.05) is 39.9 Å². The van der Waals surface area contributed by atoms with E-state index < -0.39 is 5.97 Å². The molecule has 0 saturated carbocycles. The van der Waals surface area contributed by atoms with E-state index in [4.69, 9.17) is 10.2 Å². The summed E-state index contributed by atoms with van der Waals surface area (Å²) in [4.78, 5) is 10.2. The van der Waals surface area contributed by atoms with E-state index in [0.29, 0.717) is 24.1 Å². The van der Waals surface area contributed by atoms with Crippen molar-refractivity contribution in [3.63, 3.8) is 0 Å². The van der Waals surface area contributed by atoms with Gasteiger partial charge < -0.3 is 24.6 Å². The van der Waals surface area contributed by atoms with Gasteiger partial charge in [-0.15, -0.1) is 0 Å². The number of carboxylic acids is 1. The maximum Gasteiger partial charge on any atom is 0.102 e. The number of aliphatic carboxylic acids is 1. The zero-order valence-corrected chi connectivity index (χ0v) is 7.90. The van der Waals surface area contributed by atoms with Crippen LogP contribution in [0.25, 0.3) is 0 Å². The molecule has 0 bridgehead atoms. The fourth-order valence-electron chi connectivity index (χ4n) is 1.18. The van der Waals surface area contributed by atoms with Crippen LogP contribution in [0.1, 0.15) is 6.42 Å². The van der Waals surface area contributed by atoms with Gasteiger partial charge in [-0.2, -0.15) is 0 Å². The summed E-state index contributed by atoms with van der Waals surface area (Å²) in [6.07, 6.45) is -0.0451. The van der Waals surface area contributed by atoms with Crippen LogP contribution in [0.3, 0.4) is 0 Å². The van der Waals surface area contributed by atoms with Gasteiger partial charge in [0.2, 0.25) is 0 Å². The molecule has 0 fully saturated rings. The Labute approximate surface area is 77.8 Å². The number of carbonyl (C=O) groups excluding carboxylic acids is 1. The molecule has 2 N–H and O–H groups in total. The summed E-state index contributed by atoms with van der Waals surface area (Å²) in [5, 5.41) is 27.7. The number of hydrogen-bond acceptors (Lipinski definition) is 4. The van der Waals surface area contributed by atoms with Crippen LogP contribution in [0.5, 0.6) is 0 Å². The molecule has 0 aliphatic heterocycles. The molecule has 0 aliphatic carbocycles. The fraction of sp³-hybridized carbons (Fsp3) is 0.875. The summed E-state index contributed by atoms with van der Waals surface area (Å²) in [5.41, 5.74) is 0. The van der Waals surface area contributed by atoms with E-state index in [2.05, 4.69) is 0 Å². The molecule has 0 aromatic carbocycles. The van der Waals surface area contributed by atoms with Gasteiger partial charge >= 0.3 is 0 Å². The van der Waals surface area contributed by atoms with Crippen LogP contribution in [0.2, 0.25) is 0 Å². The Morgan fingerprint density at radius 2 is 1.69 bits per heavy atom. The number of carbonyl (C=O) groups is 1. The van der Waals surface area contributed by atoms with Crippen molar-refractivity contribution in [2.45, 2.75) is 6.42 Å². The lowest BCUT2D eigenvalue weighted by atomic mass is 10.3. The molecule has 0 radical (unpaired) electrons. The first-order valence-electron chi connectivity index (χ1n) is 4.29. The minimum absolute atomic E-state index is 0.0104. The maximum atomic E-state index is 10.2. The van der Waals surface area contributed by atoms with E-state index in [0.717, 1.165) is 0 Å². The maximum absolute atomic E-state index is 10.2. The van der Waals surface area contributed by atoms with Gasteiger partial charge in [0, 0.05) is 12.4 Å². The van der Waals surface area contributed by atoms with E-state index in [1.165, 1.54) is 0 Å². The topological polar surface area (TPSA) is 80.6 Å². The van der Waals surface area contributed by atoms with Gasteiger partial charge in [0.1, 0.15) is 13.1 Å². The summed E-state index contributed by atoms with van der Waals surface area (Å²) >= 11 is 0. The summed E-state index contributed by atoms with van der Waals surface area (Å²) in [6, 6.07) is 0. The third-order valence-corrected chi connectivity index (χ3v) is 2.14. The van der Waals surface area contributed by atoms with Crippen LogP contribution < -0.4 is 5.11 Å². The number of rotatable bonds is 7. The molecule has 0 rings (SSSR count). The molecule has 0 aromatic rings. The number of hydrogen-bond donors (Lipinski definition) is 2. The molecular formula is C8H17NO4. The number of nitrogens with zero attached hydrogens (tertiary/aromatic N) is 1. The molecule has 78 valence electrons. The van der Waals surface area contributed by atoms with E-state index >= 15 is 0 Å². The second kappa shape index (κ2) is 5.90. The Balaban J connectivity index is 3.98. The van der Waals surface area contributed by atoms with Gasteiger partial charge in [0.05, 0.1) is 26.8 Å². The van der Waals surface area contributed by atoms with Gasteiger partial charge in [-0.3, -0.25) is 0 Å². The molecule has 0 saturated heterocycles. The van der Waals surface area contributed by atoms with Gasteiger partial charge in [0.15, 0.2) is 0 Å². The van der Waals surface area contributed by atoms with Crippen molar-refractivity contribution in [3.05, 3.63) is 0 Å². The average Bonchev–Trinajstić information content (AvgIpc) is 2.02. The molecule has 0 heterocycles. The third-order valence-electron chi connectivity index (χ3n) is 2.14. The second-order valence-electron chi connectivity index (χ2n) is 3.36. The number of aliphatic hydroxyl groups excluding tert-OH is 2. The summed E-state index contributed by atoms with van der Waals surface area (Å²) < 4.78 is 0.362. The lowest BCUT2D eigenvalue weighted by molar-refractivity contribution is -0.909. The summed E-state index contributed by atoms with van der Waals surface area (Å²) in [5.74, 6) is -1.10. The summed E-state index contributed by atoms with van der Waals surface area (Å²) in [6.45, 7) is 1.26. The molecule has 5 heteroatoms. The highest BCUT2D eigenvalue weighted by atomic mass is 16.4. The second-order valence-corrected chi connectivity index (χ2v) is 3.36. The Morgan fingerprint density at radius 3 is 2.00 bits per heavy atom. The minimum atomic E-state index is -1.10. The van der Waals surface area contributed by atoms with Crippen molar-refractivity contribution in [3.8, 4) is 0 Å². The monoisotopic (exact) mass is 191 g/mol. The highest BCUT2D eigenvalue weighted by Crippen LogP contribution is 2.02. The van der Waals surface area contributed by atoms with E-state index in [1.807, 2.05) is 0 Å². The van der Waals surface area contributed by atoms with Gasteiger partial charge in [-0.1, -0.05) is 0 Å². The molecule has 0 aliphatic rings. The SMILES string of the molecule is C[N+](CCO)(CCO)CCC(=O)[O-]. The Hall–Kier alpha value is -0.650. The quantitative estimate of drug-likeness (QED) is 0.438. The first kappa shape index (κ1) is 12.3. The first-order chi connectivity index (χ1) is 6.04. The molecular weight excluding hydrogens is 174 g/mol. The van der Waals surface area contributed by atoms with Crippen molar-refractivity contribution in [1.29, 1.82) is 0 Å². The number of aliphatic hydroxyl groups is 2. The molecule has 0 amide bonds. The highest BCUT2D eigenvalue weighted by Gasteiger charge is 2.19. The normalized spacial score (nSPS) is 11.6. The van der Waals surface area contributed by atoms with Crippen LogP contribution in [0.4, 0.5) is 0 Å². The van der Waals surface area contributed by atoms with E-state index in [-0.39, 0.29) is 19.6 Å². The Kier molecular flexibility index (Phi) is 5.61. The highest BCUT2D eigenvalue weighted by molar-refractivity contribution is 5.64. The number of carboxylic acid groups (broad SMARTS) is 1. The first-order valence-corrected chi connectivity index (χ1v) is 4.29. The predicted octanol–water partition coefficient (Wildman–Crippen LogP) is -2.44. The van der Waals surface area contributed by atoms with Crippen LogP contribution in [0.15, 0.2) is 0 Å². The standard InChI is InChI=1S/C8H17NO4/c1-9(4-6-10,5-7-11)3-2-8(12)13/h10-11H,2-7H2,1H3. The van der Waals surface area contributed by atoms with Crippen molar-refractivity contribution in [1.82, 2.24) is 0 Å². The van der Waals surface area contributed by atoms with Crippen LogP contribution in [-0.4, -0.2) is 60.6 Å². The lowest BCUT2D eigenvalue weighted by Crippen LogP contribution is -2.50. The zero-order chi connectivity index (χ0) is 10.3. The average molecular weight is 191 g/mol. The fourth-order valence-corrected chi connectivity index (χ4v) is 1.18. The Bertz CT molecular complexity index is 154. The number of likely N-dealkylation sites (N-methyl/N-ethyl adjacent to an activating group) is 1. The van der Waals surface area contributed by atoms with E-state index in [1.54, 1.807) is 7.05 Å². The van der Waals surface area contributed by atoms with Gasteiger partial charge in [0.25, 0.3) is 0 Å². The molecule has 0 unspecified atom stereocenters.